The molecule has 2 aromatic heterocycles. The second-order valence-corrected chi connectivity index (χ2v) is 12.0. The van der Waals surface area contributed by atoms with Gasteiger partial charge in [0, 0.05) is 38.3 Å². The van der Waals surface area contributed by atoms with E-state index >= 15 is 0 Å². The van der Waals surface area contributed by atoms with Gasteiger partial charge in [-0.05, 0) is 81.4 Å². The van der Waals surface area contributed by atoms with Crippen LogP contribution in [0.3, 0.4) is 0 Å². The van der Waals surface area contributed by atoms with Gasteiger partial charge in [0.05, 0.1) is 11.0 Å². The molecule has 2 heteroatoms. The van der Waals surface area contributed by atoms with Crippen molar-refractivity contribution in [3.8, 4) is 16.8 Å². The minimum atomic E-state index is 0.121. The maximum Gasteiger partial charge on any atom is 0.0547 e. The molecule has 192 valence electrons. The van der Waals surface area contributed by atoms with Crippen molar-refractivity contribution >= 4 is 54.4 Å². The number of nitrogens with zero attached hydrogens (tertiary/aromatic N) is 1. The predicted octanol–water partition coefficient (Wildman–Crippen LogP) is 10.5. The van der Waals surface area contributed by atoms with Gasteiger partial charge in [0.25, 0.3) is 0 Å². The normalized spacial score (nSPS) is 12.4. The Hall–Kier alpha value is -4.82. The third kappa shape index (κ3) is 3.42. The highest BCUT2D eigenvalue weighted by atomic mass is 15.0. The molecule has 0 spiro atoms. The molecule has 2 nitrogen and oxygen atoms in total. The summed E-state index contributed by atoms with van der Waals surface area (Å²) in [7, 11) is 0. The van der Waals surface area contributed by atoms with Crippen LogP contribution in [-0.2, 0) is 5.41 Å². The van der Waals surface area contributed by atoms with E-state index in [1.807, 2.05) is 0 Å². The zero-order valence-corrected chi connectivity index (χ0v) is 23.0. The molecule has 0 saturated heterocycles. The van der Waals surface area contributed by atoms with E-state index in [1.54, 1.807) is 0 Å². The number of fused-ring (bicyclic) bond motifs is 8. The van der Waals surface area contributed by atoms with Gasteiger partial charge in [0.1, 0.15) is 0 Å². The molecule has 0 bridgehead atoms. The van der Waals surface area contributed by atoms with Gasteiger partial charge in [0.2, 0.25) is 0 Å². The Morgan fingerprint density at radius 3 is 1.98 bits per heavy atom. The first-order valence-electron chi connectivity index (χ1n) is 14.0. The van der Waals surface area contributed by atoms with Crippen molar-refractivity contribution in [2.75, 3.05) is 0 Å². The van der Waals surface area contributed by atoms with Gasteiger partial charge in [0.15, 0.2) is 0 Å². The fourth-order valence-electron chi connectivity index (χ4n) is 6.39. The quantitative estimate of drug-likeness (QED) is 0.237. The lowest BCUT2D eigenvalue weighted by Gasteiger charge is -2.19. The smallest absolute Gasteiger partial charge is 0.0547 e. The maximum absolute atomic E-state index is 3.56. The number of aromatic nitrogens is 2. The molecule has 40 heavy (non-hydrogen) atoms. The first-order chi connectivity index (χ1) is 19.5. The fraction of sp³-hybridized carbons (Fsp3) is 0.105. The standard InChI is InChI=1S/C38H30N2/c1-38(2,3)27-15-17-28(18-16-27)40-35-20-14-26(23-32(35)37-29-9-5-4-8-24(29)13-21-36(37)40)25-12-19-34-31(22-25)30-10-6-7-11-33(30)39-34/h4-23,39H,1-3H3. The Morgan fingerprint density at radius 2 is 1.18 bits per heavy atom. The van der Waals surface area contributed by atoms with Crippen molar-refractivity contribution in [1.29, 1.82) is 0 Å². The van der Waals surface area contributed by atoms with Crippen molar-refractivity contribution in [3.63, 3.8) is 0 Å². The van der Waals surface area contributed by atoms with E-state index in [1.165, 1.54) is 76.8 Å². The summed E-state index contributed by atoms with van der Waals surface area (Å²) < 4.78 is 2.43. The van der Waals surface area contributed by atoms with Crippen LogP contribution in [0.5, 0.6) is 0 Å². The molecule has 0 unspecified atom stereocenters. The SMILES string of the molecule is CC(C)(C)c1ccc(-n2c3ccc(-c4ccc5[nH]c6ccccc6c5c4)cc3c3c4ccccc4ccc32)cc1. The Labute approximate surface area is 233 Å². The number of benzene rings is 6. The summed E-state index contributed by atoms with van der Waals surface area (Å²) in [4.78, 5) is 3.56. The van der Waals surface area contributed by atoms with Crippen LogP contribution < -0.4 is 0 Å². The topological polar surface area (TPSA) is 20.7 Å². The van der Waals surface area contributed by atoms with E-state index in [4.69, 9.17) is 0 Å². The molecule has 0 radical (unpaired) electrons. The molecule has 2 heterocycles. The highest BCUT2D eigenvalue weighted by Gasteiger charge is 2.18. The van der Waals surface area contributed by atoms with Crippen LogP contribution >= 0.6 is 0 Å². The highest BCUT2D eigenvalue weighted by molar-refractivity contribution is 6.22. The minimum absolute atomic E-state index is 0.121. The lowest BCUT2D eigenvalue weighted by molar-refractivity contribution is 0.590. The summed E-state index contributed by atoms with van der Waals surface area (Å²) in [6.07, 6.45) is 0. The summed E-state index contributed by atoms with van der Waals surface area (Å²) in [6, 6.07) is 44.7. The van der Waals surface area contributed by atoms with Crippen molar-refractivity contribution in [2.24, 2.45) is 0 Å². The number of H-pyrrole nitrogens is 1. The molecule has 8 aromatic rings. The van der Waals surface area contributed by atoms with Crippen molar-refractivity contribution < 1.29 is 0 Å². The number of aromatic amines is 1. The molecule has 0 fully saturated rings. The molecule has 0 saturated carbocycles. The minimum Gasteiger partial charge on any atom is -0.355 e. The van der Waals surface area contributed by atoms with E-state index in [-0.39, 0.29) is 5.41 Å². The summed E-state index contributed by atoms with van der Waals surface area (Å²) in [5.74, 6) is 0. The van der Waals surface area contributed by atoms with Crippen molar-refractivity contribution in [2.45, 2.75) is 26.2 Å². The van der Waals surface area contributed by atoms with Crippen LogP contribution in [0.2, 0.25) is 0 Å². The molecular weight excluding hydrogens is 484 g/mol. The zero-order chi connectivity index (χ0) is 27.0. The Balaban J connectivity index is 1.40. The number of rotatable bonds is 2. The molecule has 0 aliphatic rings. The molecule has 1 N–H and O–H groups in total. The number of para-hydroxylation sites is 1. The van der Waals surface area contributed by atoms with Gasteiger partial charge < -0.3 is 9.55 Å². The van der Waals surface area contributed by atoms with E-state index < -0.39 is 0 Å². The third-order valence-corrected chi connectivity index (χ3v) is 8.49. The first kappa shape index (κ1) is 23.1. The summed E-state index contributed by atoms with van der Waals surface area (Å²) in [6.45, 7) is 6.80. The number of hydrogen-bond acceptors (Lipinski definition) is 0. The summed E-state index contributed by atoms with van der Waals surface area (Å²) in [5.41, 5.74) is 9.94. The van der Waals surface area contributed by atoms with Gasteiger partial charge in [-0.25, -0.2) is 0 Å². The molecule has 6 aromatic carbocycles. The van der Waals surface area contributed by atoms with Gasteiger partial charge in [-0.2, -0.15) is 0 Å². The van der Waals surface area contributed by atoms with Crippen LogP contribution in [0.25, 0.3) is 71.2 Å². The molecule has 8 rings (SSSR count). The maximum atomic E-state index is 3.56. The van der Waals surface area contributed by atoms with Crippen molar-refractivity contribution in [3.05, 3.63) is 127 Å². The van der Waals surface area contributed by atoms with Crippen LogP contribution in [-0.4, -0.2) is 9.55 Å². The Bertz CT molecular complexity index is 2230. The molecule has 0 aliphatic heterocycles. The second-order valence-electron chi connectivity index (χ2n) is 12.0. The van der Waals surface area contributed by atoms with Gasteiger partial charge in [-0.1, -0.05) is 93.6 Å². The molecule has 0 amide bonds. The highest BCUT2D eigenvalue weighted by Crippen LogP contribution is 2.39. The monoisotopic (exact) mass is 514 g/mol. The second kappa shape index (κ2) is 8.34. The average Bonchev–Trinajstić information content (AvgIpc) is 3.52. The summed E-state index contributed by atoms with van der Waals surface area (Å²) in [5, 5.41) is 7.68. The van der Waals surface area contributed by atoms with Gasteiger partial charge >= 0.3 is 0 Å². The lowest BCUT2D eigenvalue weighted by Crippen LogP contribution is -2.10. The first-order valence-corrected chi connectivity index (χ1v) is 14.0. The van der Waals surface area contributed by atoms with E-state index in [0.717, 1.165) is 0 Å². The Kier molecular flexibility index (Phi) is 4.82. The molecule has 0 aliphatic carbocycles. The van der Waals surface area contributed by atoms with Crippen molar-refractivity contribution in [1.82, 2.24) is 9.55 Å². The average molecular weight is 515 g/mol. The van der Waals surface area contributed by atoms with Crippen LogP contribution in [0.1, 0.15) is 26.3 Å². The largest absolute Gasteiger partial charge is 0.355 e. The fourth-order valence-corrected chi connectivity index (χ4v) is 6.39. The predicted molar refractivity (Wildman–Crippen MR) is 172 cm³/mol. The summed E-state index contributed by atoms with van der Waals surface area (Å²) >= 11 is 0. The van der Waals surface area contributed by atoms with E-state index in [0.29, 0.717) is 0 Å². The molecule has 0 atom stereocenters. The lowest BCUT2D eigenvalue weighted by atomic mass is 9.87. The van der Waals surface area contributed by atoms with E-state index in [9.17, 15) is 0 Å². The van der Waals surface area contributed by atoms with Gasteiger partial charge in [-0.3, -0.25) is 0 Å². The Morgan fingerprint density at radius 1 is 0.525 bits per heavy atom. The zero-order valence-electron chi connectivity index (χ0n) is 23.0. The van der Waals surface area contributed by atoms with E-state index in [2.05, 4.69) is 152 Å². The van der Waals surface area contributed by atoms with Gasteiger partial charge in [-0.15, -0.1) is 0 Å². The van der Waals surface area contributed by atoms with Crippen LogP contribution in [0, 0.1) is 0 Å². The number of nitrogens with one attached hydrogen (secondary N) is 1. The van der Waals surface area contributed by atoms with Crippen LogP contribution in [0.15, 0.2) is 121 Å². The molecular formula is C38H30N2. The number of hydrogen-bond donors (Lipinski definition) is 1. The van der Waals surface area contributed by atoms with Crippen LogP contribution in [0.4, 0.5) is 0 Å². The third-order valence-electron chi connectivity index (χ3n) is 8.49.